The Morgan fingerprint density at radius 1 is 0.833 bits per heavy atom. The Hall–Kier alpha value is -0.793. The molecular weight excluding hydrogens is 184 g/mol. The van der Waals surface area contributed by atoms with E-state index in [-0.39, 0.29) is 0 Å². The summed E-state index contributed by atoms with van der Waals surface area (Å²) in [6, 6.07) is 0. The minimum Gasteiger partial charge on any atom is -0.171 e. The average Bonchev–Trinajstić information content (AvgIpc) is 2.10. The normalized spacial score (nSPS) is 13.8. The summed E-state index contributed by atoms with van der Waals surface area (Å²) in [7, 11) is -0.445. The minimum atomic E-state index is -0.445. The van der Waals surface area contributed by atoms with Crippen molar-refractivity contribution in [3.05, 3.63) is 60.9 Å². The highest BCUT2D eigenvalue weighted by atomic mass is 35.6. The summed E-state index contributed by atoms with van der Waals surface area (Å²) >= 11 is 5.56. The molecule has 0 spiro atoms. The summed E-state index contributed by atoms with van der Waals surface area (Å²) < 4.78 is 0. The Balaban J connectivity index is 3.58. The first-order valence-corrected chi connectivity index (χ1v) is 6.71. The second kappa shape index (κ2) is 10.2. The van der Waals surface area contributed by atoms with E-state index in [1.807, 2.05) is 48.2 Å². The molecule has 0 unspecified atom stereocenters. The highest BCUT2D eigenvalue weighted by Crippen LogP contribution is 1.82. The van der Waals surface area contributed by atoms with Gasteiger partial charge in [0.15, 0.2) is 0 Å². The molecular formula is C10H13ClSi. The van der Waals surface area contributed by atoms with Gasteiger partial charge in [-0.2, -0.15) is 11.1 Å². The molecule has 0 aliphatic heterocycles. The lowest BCUT2D eigenvalue weighted by Gasteiger charge is -1.73. The summed E-state index contributed by atoms with van der Waals surface area (Å²) in [6.07, 6.45) is 15.4. The van der Waals surface area contributed by atoms with Crippen LogP contribution in [0.1, 0.15) is 0 Å². The molecule has 0 atom stereocenters. The van der Waals surface area contributed by atoms with Crippen molar-refractivity contribution in [3.8, 4) is 0 Å². The fourth-order valence-electron chi connectivity index (χ4n) is 0.529. The van der Waals surface area contributed by atoms with Crippen LogP contribution in [0.5, 0.6) is 0 Å². The Kier molecular flexibility index (Phi) is 9.53. The summed E-state index contributed by atoms with van der Waals surface area (Å²) in [5.74, 6) is 0. The van der Waals surface area contributed by atoms with E-state index in [1.165, 1.54) is 0 Å². The Labute approximate surface area is 81.2 Å². The molecule has 0 saturated heterocycles. The van der Waals surface area contributed by atoms with Gasteiger partial charge in [-0.25, -0.2) is 0 Å². The van der Waals surface area contributed by atoms with Gasteiger partial charge in [0, 0.05) is 0 Å². The van der Waals surface area contributed by atoms with Crippen LogP contribution in [-0.4, -0.2) is 8.83 Å². The molecule has 0 nitrogen and oxygen atoms in total. The van der Waals surface area contributed by atoms with E-state index in [9.17, 15) is 0 Å². The Morgan fingerprint density at radius 2 is 1.33 bits per heavy atom. The van der Waals surface area contributed by atoms with Gasteiger partial charge >= 0.3 is 0 Å². The largest absolute Gasteiger partial charge is 0.171 e. The van der Waals surface area contributed by atoms with Crippen LogP contribution < -0.4 is 0 Å². The van der Waals surface area contributed by atoms with Crippen molar-refractivity contribution in [1.82, 2.24) is 0 Å². The first-order valence-electron chi connectivity index (χ1n) is 3.75. The fourth-order valence-corrected chi connectivity index (χ4v) is 1.10. The third kappa shape index (κ3) is 9.21. The summed E-state index contributed by atoms with van der Waals surface area (Å²) in [6.45, 7) is 3.56. The zero-order valence-electron chi connectivity index (χ0n) is 6.99. The van der Waals surface area contributed by atoms with Crippen molar-refractivity contribution in [2.75, 3.05) is 0 Å². The highest BCUT2D eigenvalue weighted by Gasteiger charge is 1.64. The van der Waals surface area contributed by atoms with Crippen molar-refractivity contribution >= 4 is 19.9 Å². The van der Waals surface area contributed by atoms with Crippen LogP contribution >= 0.6 is 11.1 Å². The number of rotatable bonds is 5. The zero-order valence-corrected chi connectivity index (χ0v) is 9.16. The topological polar surface area (TPSA) is 0 Å². The molecule has 0 aliphatic carbocycles. The zero-order chi connectivity index (χ0) is 9.07. The lowest BCUT2D eigenvalue weighted by atomic mass is 10.4. The molecule has 0 N–H and O–H groups in total. The molecule has 0 aromatic rings. The second-order valence-corrected chi connectivity index (χ2v) is 3.68. The molecule has 0 saturated carbocycles. The summed E-state index contributed by atoms with van der Waals surface area (Å²) in [4.78, 5) is 0. The lowest BCUT2D eigenvalue weighted by molar-refractivity contribution is 1.87. The predicted molar refractivity (Wildman–Crippen MR) is 61.2 cm³/mol. The molecule has 0 aromatic heterocycles. The first kappa shape index (κ1) is 11.2. The number of allylic oxidation sites excluding steroid dienone is 8. The van der Waals surface area contributed by atoms with Gasteiger partial charge < -0.3 is 0 Å². The Bertz CT molecular complexity index is 212. The van der Waals surface area contributed by atoms with Gasteiger partial charge in [-0.1, -0.05) is 60.9 Å². The molecule has 2 heteroatoms. The van der Waals surface area contributed by atoms with E-state index in [1.54, 1.807) is 6.08 Å². The van der Waals surface area contributed by atoms with Crippen LogP contribution in [0.15, 0.2) is 60.9 Å². The van der Waals surface area contributed by atoms with E-state index >= 15 is 0 Å². The maximum Gasteiger partial charge on any atom is 0.148 e. The molecule has 64 valence electrons. The molecule has 0 radical (unpaired) electrons. The first-order chi connectivity index (χ1) is 5.91. The molecule has 12 heavy (non-hydrogen) atoms. The van der Waals surface area contributed by atoms with Gasteiger partial charge in [0.2, 0.25) is 0 Å². The van der Waals surface area contributed by atoms with Gasteiger partial charge in [-0.15, -0.1) is 0 Å². The smallest absolute Gasteiger partial charge is 0.148 e. The lowest BCUT2D eigenvalue weighted by Crippen LogP contribution is -1.61. The van der Waals surface area contributed by atoms with Gasteiger partial charge in [0.05, 0.1) is 0 Å². The monoisotopic (exact) mass is 196 g/mol. The average molecular weight is 197 g/mol. The number of hydrogen-bond donors (Lipinski definition) is 0. The van der Waals surface area contributed by atoms with Crippen molar-refractivity contribution in [2.45, 2.75) is 0 Å². The fraction of sp³-hybridized carbons (Fsp3) is 0. The van der Waals surface area contributed by atoms with Crippen molar-refractivity contribution in [1.29, 1.82) is 0 Å². The predicted octanol–water partition coefficient (Wildman–Crippen LogP) is 2.68. The van der Waals surface area contributed by atoms with Crippen molar-refractivity contribution in [3.63, 3.8) is 0 Å². The molecule has 0 amide bonds. The third-order valence-corrected chi connectivity index (χ3v) is 2.01. The van der Waals surface area contributed by atoms with Crippen LogP contribution in [0.25, 0.3) is 0 Å². The highest BCUT2D eigenvalue weighted by molar-refractivity contribution is 6.96. The number of hydrogen-bond acceptors (Lipinski definition) is 0. The third-order valence-electron chi connectivity index (χ3n) is 1.03. The molecule has 0 aliphatic rings. The maximum atomic E-state index is 5.56. The molecule has 0 aromatic carbocycles. The van der Waals surface area contributed by atoms with Crippen molar-refractivity contribution < 1.29 is 0 Å². The van der Waals surface area contributed by atoms with Crippen LogP contribution in [0.2, 0.25) is 0 Å². The van der Waals surface area contributed by atoms with E-state index in [0.717, 1.165) is 0 Å². The van der Waals surface area contributed by atoms with Gasteiger partial charge in [-0.05, 0) is 0 Å². The van der Waals surface area contributed by atoms with E-state index < -0.39 is 8.83 Å². The van der Waals surface area contributed by atoms with Crippen LogP contribution in [0.4, 0.5) is 0 Å². The van der Waals surface area contributed by atoms with Gasteiger partial charge in [0.25, 0.3) is 0 Å². The SMILES string of the molecule is C=CC=CC=CC=CC=C[SiH2]Cl. The van der Waals surface area contributed by atoms with E-state index in [4.69, 9.17) is 11.1 Å². The van der Waals surface area contributed by atoms with E-state index in [0.29, 0.717) is 0 Å². The Morgan fingerprint density at radius 3 is 1.83 bits per heavy atom. The quantitative estimate of drug-likeness (QED) is 0.361. The molecule has 0 heterocycles. The van der Waals surface area contributed by atoms with Crippen LogP contribution in [0.3, 0.4) is 0 Å². The van der Waals surface area contributed by atoms with Gasteiger partial charge in [0.1, 0.15) is 8.83 Å². The summed E-state index contributed by atoms with van der Waals surface area (Å²) in [5.41, 5.74) is 2.02. The maximum absolute atomic E-state index is 5.56. The molecule has 0 bridgehead atoms. The van der Waals surface area contributed by atoms with E-state index in [2.05, 4.69) is 6.58 Å². The molecule has 0 rings (SSSR count). The van der Waals surface area contributed by atoms with Crippen molar-refractivity contribution in [2.24, 2.45) is 0 Å². The molecule has 0 fully saturated rings. The second-order valence-electron chi connectivity index (χ2n) is 1.97. The number of halogens is 1. The standard InChI is InChI=1S/C10H13ClSi/c1-2-3-4-5-6-7-8-9-10-12-11/h2-10H,1,12H2. The van der Waals surface area contributed by atoms with Crippen LogP contribution in [0, 0.1) is 0 Å². The van der Waals surface area contributed by atoms with Crippen LogP contribution in [-0.2, 0) is 0 Å². The minimum absolute atomic E-state index is 0.445. The van der Waals surface area contributed by atoms with Gasteiger partial charge in [-0.3, -0.25) is 0 Å². The summed E-state index contributed by atoms with van der Waals surface area (Å²) in [5, 5.41) is 0.